The van der Waals surface area contributed by atoms with Crippen molar-refractivity contribution >= 4 is 18.0 Å². The molecule has 1 heterocycles. The third kappa shape index (κ3) is 4.64. The zero-order valence-corrected chi connectivity index (χ0v) is 20.0. The lowest BCUT2D eigenvalue weighted by Gasteiger charge is -2.37. The van der Waals surface area contributed by atoms with Gasteiger partial charge in [0.1, 0.15) is 12.1 Å². The summed E-state index contributed by atoms with van der Waals surface area (Å²) in [6.45, 7) is 3.34. The number of hydrogen-bond donors (Lipinski definition) is 2. The molecule has 2 atom stereocenters. The molecule has 1 saturated carbocycles. The highest BCUT2D eigenvalue weighted by Crippen LogP contribution is 2.45. The Hall–Kier alpha value is -3.35. The summed E-state index contributed by atoms with van der Waals surface area (Å²) < 4.78 is 5.67. The highest BCUT2D eigenvalue weighted by atomic mass is 16.5. The van der Waals surface area contributed by atoms with Gasteiger partial charge in [0, 0.05) is 25.4 Å². The van der Waals surface area contributed by atoms with E-state index in [1.54, 1.807) is 0 Å². The summed E-state index contributed by atoms with van der Waals surface area (Å²) in [6, 6.07) is 16.4. The van der Waals surface area contributed by atoms with Crippen LogP contribution in [0, 0.1) is 11.8 Å². The van der Waals surface area contributed by atoms with Crippen molar-refractivity contribution in [3.05, 3.63) is 59.7 Å². The van der Waals surface area contributed by atoms with Crippen molar-refractivity contribution in [3.8, 4) is 11.1 Å². The number of rotatable bonds is 7. The molecule has 0 aromatic heterocycles. The molecule has 2 fully saturated rings. The Morgan fingerprint density at radius 2 is 1.71 bits per heavy atom. The first-order valence-electron chi connectivity index (χ1n) is 12.5. The molecule has 1 saturated heterocycles. The van der Waals surface area contributed by atoms with Gasteiger partial charge in [-0.2, -0.15) is 0 Å². The number of carboxylic acid groups (broad SMARTS) is 1. The molecule has 0 radical (unpaired) electrons. The molecule has 0 bridgehead atoms. The van der Waals surface area contributed by atoms with Crippen LogP contribution in [0.1, 0.15) is 56.1 Å². The van der Waals surface area contributed by atoms with Crippen LogP contribution in [0.5, 0.6) is 0 Å². The first-order valence-corrected chi connectivity index (χ1v) is 12.5. The third-order valence-electron chi connectivity index (χ3n) is 7.89. The number of ether oxygens (including phenoxy) is 1. The number of carboxylic acids is 1. The Morgan fingerprint density at radius 3 is 2.31 bits per heavy atom. The van der Waals surface area contributed by atoms with E-state index in [2.05, 4.69) is 29.6 Å². The maximum absolute atomic E-state index is 13.3. The molecule has 7 nitrogen and oxygen atoms in total. The second kappa shape index (κ2) is 9.36. The molecular weight excluding hydrogens is 444 g/mol. The van der Waals surface area contributed by atoms with Crippen LogP contribution in [0.4, 0.5) is 4.79 Å². The van der Waals surface area contributed by atoms with Gasteiger partial charge in [0.15, 0.2) is 0 Å². The number of likely N-dealkylation sites (tertiary alicyclic amines) is 1. The van der Waals surface area contributed by atoms with Gasteiger partial charge in [0.05, 0.1) is 0 Å². The predicted octanol–water partition coefficient (Wildman–Crippen LogP) is 4.41. The molecular formula is C28H32N2O5. The highest BCUT2D eigenvalue weighted by Gasteiger charge is 2.54. The Morgan fingerprint density at radius 1 is 1.09 bits per heavy atom. The van der Waals surface area contributed by atoms with Crippen molar-refractivity contribution in [3.63, 3.8) is 0 Å². The number of nitrogens with one attached hydrogen (secondary N) is 1. The van der Waals surface area contributed by atoms with E-state index in [-0.39, 0.29) is 36.7 Å². The number of piperidine rings is 1. The summed E-state index contributed by atoms with van der Waals surface area (Å²) in [5.41, 5.74) is 3.74. The predicted molar refractivity (Wildman–Crippen MR) is 131 cm³/mol. The number of nitrogens with zero attached hydrogens (tertiary/aromatic N) is 1. The molecule has 2 aromatic rings. The topological polar surface area (TPSA) is 95.9 Å². The van der Waals surface area contributed by atoms with Gasteiger partial charge in [-0.25, -0.2) is 4.79 Å². The van der Waals surface area contributed by atoms with E-state index in [0.717, 1.165) is 24.0 Å². The summed E-state index contributed by atoms with van der Waals surface area (Å²) in [6.07, 6.45) is 2.51. The van der Waals surface area contributed by atoms with Crippen molar-refractivity contribution in [2.75, 3.05) is 19.7 Å². The Labute approximate surface area is 205 Å². The quantitative estimate of drug-likeness (QED) is 0.617. The van der Waals surface area contributed by atoms with Crippen LogP contribution in [0.2, 0.25) is 0 Å². The molecule has 0 spiro atoms. The van der Waals surface area contributed by atoms with E-state index in [0.29, 0.717) is 25.9 Å². The molecule has 2 unspecified atom stereocenters. The lowest BCUT2D eigenvalue weighted by Crippen LogP contribution is -2.53. The summed E-state index contributed by atoms with van der Waals surface area (Å²) in [5.74, 6) is -0.741. The van der Waals surface area contributed by atoms with Gasteiger partial charge in [-0.15, -0.1) is 0 Å². The summed E-state index contributed by atoms with van der Waals surface area (Å²) in [5, 5.41) is 12.0. The number of aliphatic carboxylic acids is 1. The number of hydrogen-bond acceptors (Lipinski definition) is 4. The van der Waals surface area contributed by atoms with Crippen molar-refractivity contribution in [1.29, 1.82) is 0 Å². The van der Waals surface area contributed by atoms with Gasteiger partial charge in [-0.1, -0.05) is 55.5 Å². The fraction of sp³-hybridized carbons (Fsp3) is 0.464. The molecule has 5 rings (SSSR count). The lowest BCUT2D eigenvalue weighted by atomic mass is 9.84. The van der Waals surface area contributed by atoms with Gasteiger partial charge >= 0.3 is 12.1 Å². The standard InChI is InChI=1S/C28H32N2O5/c1-18(15-25(31)32)19-7-6-14-30(16-19)26(33)28(12-13-28)29-27(34)35-17-24-22-10-4-2-8-20(22)21-9-3-5-11-23(21)24/h2-5,8-11,18-19,24H,6-7,12-17H2,1H3,(H,29,34)(H,31,32). The molecule has 184 valence electrons. The fourth-order valence-corrected chi connectivity index (χ4v) is 5.75. The molecule has 35 heavy (non-hydrogen) atoms. The average Bonchev–Trinajstić information content (AvgIpc) is 3.57. The van der Waals surface area contributed by atoms with Crippen molar-refractivity contribution in [2.24, 2.45) is 11.8 Å². The molecule has 2 N–H and O–H groups in total. The molecule has 1 aliphatic heterocycles. The van der Waals surface area contributed by atoms with Gasteiger partial charge in [-0.3, -0.25) is 9.59 Å². The smallest absolute Gasteiger partial charge is 0.408 e. The van der Waals surface area contributed by atoms with E-state index in [1.807, 2.05) is 36.1 Å². The molecule has 7 heteroatoms. The minimum Gasteiger partial charge on any atom is -0.481 e. The number of carbonyl (C=O) groups is 3. The maximum atomic E-state index is 13.3. The molecule has 2 amide bonds. The third-order valence-corrected chi connectivity index (χ3v) is 7.89. The van der Waals surface area contributed by atoms with Crippen LogP contribution >= 0.6 is 0 Å². The second-order valence-corrected chi connectivity index (χ2v) is 10.3. The van der Waals surface area contributed by atoms with E-state index in [9.17, 15) is 14.4 Å². The first-order chi connectivity index (χ1) is 16.9. The Balaban J connectivity index is 1.20. The van der Waals surface area contributed by atoms with Crippen LogP contribution in [0.25, 0.3) is 11.1 Å². The largest absolute Gasteiger partial charge is 0.481 e. The zero-order chi connectivity index (χ0) is 24.6. The first kappa shape index (κ1) is 23.4. The van der Waals surface area contributed by atoms with Crippen LogP contribution in [-0.4, -0.2) is 53.2 Å². The minimum atomic E-state index is -0.888. The fourth-order valence-electron chi connectivity index (χ4n) is 5.75. The summed E-state index contributed by atoms with van der Waals surface area (Å²) in [7, 11) is 0. The number of fused-ring (bicyclic) bond motifs is 3. The van der Waals surface area contributed by atoms with Crippen molar-refractivity contribution in [1.82, 2.24) is 10.2 Å². The number of alkyl carbamates (subject to hydrolysis) is 1. The molecule has 2 aliphatic carbocycles. The van der Waals surface area contributed by atoms with E-state index in [4.69, 9.17) is 9.84 Å². The van der Waals surface area contributed by atoms with Gasteiger partial charge in [-0.05, 0) is 59.8 Å². The number of carbonyl (C=O) groups excluding carboxylic acids is 2. The Bertz CT molecular complexity index is 1100. The molecule has 3 aliphatic rings. The number of amides is 2. The van der Waals surface area contributed by atoms with Crippen LogP contribution in [0.15, 0.2) is 48.5 Å². The van der Waals surface area contributed by atoms with E-state index < -0.39 is 17.6 Å². The van der Waals surface area contributed by atoms with E-state index in [1.165, 1.54) is 11.1 Å². The summed E-state index contributed by atoms with van der Waals surface area (Å²) >= 11 is 0. The highest BCUT2D eigenvalue weighted by molar-refractivity contribution is 5.93. The van der Waals surface area contributed by atoms with Crippen molar-refractivity contribution in [2.45, 2.75) is 50.5 Å². The van der Waals surface area contributed by atoms with Gasteiger partial charge < -0.3 is 20.1 Å². The van der Waals surface area contributed by atoms with Gasteiger partial charge in [0.25, 0.3) is 0 Å². The van der Waals surface area contributed by atoms with Crippen LogP contribution in [0.3, 0.4) is 0 Å². The van der Waals surface area contributed by atoms with Crippen LogP contribution in [-0.2, 0) is 14.3 Å². The minimum absolute atomic E-state index is 0.00773. The average molecular weight is 477 g/mol. The van der Waals surface area contributed by atoms with Crippen molar-refractivity contribution < 1.29 is 24.2 Å². The van der Waals surface area contributed by atoms with Crippen LogP contribution < -0.4 is 5.32 Å². The van der Waals surface area contributed by atoms with Gasteiger partial charge in [0.2, 0.25) is 5.91 Å². The lowest BCUT2D eigenvalue weighted by molar-refractivity contribution is -0.139. The van der Waals surface area contributed by atoms with E-state index >= 15 is 0 Å². The normalized spacial score (nSPS) is 20.9. The SMILES string of the molecule is CC(CC(=O)O)C1CCCN(C(=O)C2(NC(=O)OCC3c4ccccc4-c4ccccc43)CC2)C1. The maximum Gasteiger partial charge on any atom is 0.408 e. The summed E-state index contributed by atoms with van der Waals surface area (Å²) in [4.78, 5) is 39.0. The second-order valence-electron chi connectivity index (χ2n) is 10.3. The Kier molecular flexibility index (Phi) is 6.26. The monoisotopic (exact) mass is 476 g/mol. The molecule has 2 aromatic carbocycles. The number of benzene rings is 2. The zero-order valence-electron chi connectivity index (χ0n) is 20.0.